The molecule has 0 N–H and O–H groups in total. The molecule has 21 heavy (non-hydrogen) atoms. The topological polar surface area (TPSA) is 49.9 Å². The minimum atomic E-state index is -3.47. The van der Waals surface area contributed by atoms with Gasteiger partial charge >= 0.3 is 0 Å². The van der Waals surface area contributed by atoms with Gasteiger partial charge in [0.1, 0.15) is 10.6 Å². The average molecular weight is 310 g/mol. The summed E-state index contributed by atoms with van der Waals surface area (Å²) in [5.74, 6) is 0.422. The van der Waals surface area contributed by atoms with E-state index in [9.17, 15) is 8.42 Å². The second-order valence-corrected chi connectivity index (χ2v) is 7.73. The summed E-state index contributed by atoms with van der Waals surface area (Å²) in [7, 11) is -1.97. The number of aryl methyl sites for hydroxylation is 1. The number of nitrogens with zero attached hydrogens (tertiary/aromatic N) is 2. The van der Waals surface area contributed by atoms with Crippen molar-refractivity contribution < 1.29 is 13.2 Å². The predicted octanol–water partition coefficient (Wildman–Crippen LogP) is 1.47. The quantitative estimate of drug-likeness (QED) is 0.845. The number of ether oxygens (including phenoxy) is 1. The van der Waals surface area contributed by atoms with Gasteiger partial charge in [0.25, 0.3) is 0 Å². The summed E-state index contributed by atoms with van der Waals surface area (Å²) in [6.07, 6.45) is 2.52. The Balaban J connectivity index is 1.82. The molecule has 6 heteroatoms. The maximum Gasteiger partial charge on any atom is 0.246 e. The lowest BCUT2D eigenvalue weighted by molar-refractivity contribution is 0.180. The second kappa shape index (κ2) is 5.59. The van der Waals surface area contributed by atoms with Crippen LogP contribution in [-0.4, -0.2) is 57.0 Å². The fraction of sp³-hybridized carbons (Fsp3) is 0.600. The molecule has 1 aliphatic carbocycles. The van der Waals surface area contributed by atoms with Crippen molar-refractivity contribution in [3.05, 3.63) is 23.8 Å². The zero-order valence-corrected chi connectivity index (χ0v) is 13.4. The van der Waals surface area contributed by atoms with Crippen molar-refractivity contribution in [2.45, 2.75) is 30.7 Å². The first-order chi connectivity index (χ1) is 10.0. The summed E-state index contributed by atoms with van der Waals surface area (Å²) in [5.41, 5.74) is 0.922. The van der Waals surface area contributed by atoms with Gasteiger partial charge in [-0.3, -0.25) is 4.90 Å². The van der Waals surface area contributed by atoms with E-state index in [1.165, 1.54) is 20.0 Å². The molecule has 3 rings (SSSR count). The molecule has 0 bridgehead atoms. The summed E-state index contributed by atoms with van der Waals surface area (Å²) in [4.78, 5) is 2.68. The Morgan fingerprint density at radius 3 is 2.38 bits per heavy atom. The van der Waals surface area contributed by atoms with Crippen LogP contribution in [0.2, 0.25) is 0 Å². The lowest BCUT2D eigenvalue weighted by Crippen LogP contribution is -2.49. The van der Waals surface area contributed by atoms with Crippen molar-refractivity contribution >= 4 is 10.0 Å². The zero-order valence-electron chi connectivity index (χ0n) is 12.6. The lowest BCUT2D eigenvalue weighted by atomic mass is 10.2. The Bertz CT molecular complexity index is 618. The molecule has 0 aromatic heterocycles. The Morgan fingerprint density at radius 1 is 1.14 bits per heavy atom. The number of sulfonamides is 1. The molecular weight excluding hydrogens is 288 g/mol. The molecule has 1 aromatic rings. The van der Waals surface area contributed by atoms with Gasteiger partial charge in [0.15, 0.2) is 0 Å². The van der Waals surface area contributed by atoms with E-state index in [-0.39, 0.29) is 4.90 Å². The van der Waals surface area contributed by atoms with Gasteiger partial charge in [0, 0.05) is 32.2 Å². The van der Waals surface area contributed by atoms with Crippen molar-refractivity contribution in [2.75, 3.05) is 33.3 Å². The van der Waals surface area contributed by atoms with Crippen molar-refractivity contribution in [1.29, 1.82) is 0 Å². The molecule has 2 fully saturated rings. The summed E-state index contributed by atoms with van der Waals surface area (Å²) in [6, 6.07) is 5.98. The predicted molar refractivity (Wildman–Crippen MR) is 81.1 cm³/mol. The van der Waals surface area contributed by atoms with Crippen LogP contribution < -0.4 is 4.74 Å². The summed E-state index contributed by atoms with van der Waals surface area (Å²) < 4.78 is 32.5. The van der Waals surface area contributed by atoms with Crippen LogP contribution in [0.3, 0.4) is 0 Å². The number of piperazine rings is 1. The lowest BCUT2D eigenvalue weighted by Gasteiger charge is -2.34. The molecule has 1 heterocycles. The van der Waals surface area contributed by atoms with Crippen LogP contribution in [0.25, 0.3) is 0 Å². The fourth-order valence-electron chi connectivity index (χ4n) is 2.87. The summed E-state index contributed by atoms with van der Waals surface area (Å²) in [5, 5.41) is 0. The van der Waals surface area contributed by atoms with Crippen LogP contribution >= 0.6 is 0 Å². The van der Waals surface area contributed by atoms with E-state index in [1.54, 1.807) is 16.4 Å². The Hall–Kier alpha value is -1.11. The van der Waals surface area contributed by atoms with Crippen LogP contribution in [0.15, 0.2) is 23.1 Å². The van der Waals surface area contributed by atoms with Crippen LogP contribution in [0, 0.1) is 6.92 Å². The van der Waals surface area contributed by atoms with E-state index in [1.807, 2.05) is 13.0 Å². The van der Waals surface area contributed by atoms with Crippen LogP contribution in [0.1, 0.15) is 18.4 Å². The molecule has 1 saturated carbocycles. The SMILES string of the molecule is COc1ccc(C)cc1S(=O)(=O)N1CCN(C2CC2)CC1. The highest BCUT2D eigenvalue weighted by molar-refractivity contribution is 7.89. The van der Waals surface area contributed by atoms with Crippen molar-refractivity contribution in [3.63, 3.8) is 0 Å². The third-order valence-corrected chi connectivity index (χ3v) is 6.19. The van der Waals surface area contributed by atoms with Crippen LogP contribution in [0.5, 0.6) is 5.75 Å². The van der Waals surface area contributed by atoms with Gasteiger partial charge < -0.3 is 4.74 Å². The first-order valence-electron chi connectivity index (χ1n) is 7.41. The van der Waals surface area contributed by atoms with Gasteiger partial charge in [-0.2, -0.15) is 4.31 Å². The third-order valence-electron chi connectivity index (χ3n) is 4.27. The molecule has 1 saturated heterocycles. The molecule has 0 spiro atoms. The zero-order chi connectivity index (χ0) is 15.0. The molecule has 1 aromatic carbocycles. The van der Waals surface area contributed by atoms with Gasteiger partial charge in [0.05, 0.1) is 7.11 Å². The number of benzene rings is 1. The van der Waals surface area contributed by atoms with E-state index >= 15 is 0 Å². The Morgan fingerprint density at radius 2 is 1.81 bits per heavy atom. The first kappa shape index (κ1) is 14.8. The van der Waals surface area contributed by atoms with E-state index in [0.29, 0.717) is 24.9 Å². The molecule has 116 valence electrons. The van der Waals surface area contributed by atoms with Gasteiger partial charge in [-0.25, -0.2) is 8.42 Å². The fourth-order valence-corrected chi connectivity index (χ4v) is 4.54. The molecular formula is C15H22N2O3S. The van der Waals surface area contributed by atoms with E-state index in [2.05, 4.69) is 4.90 Å². The van der Waals surface area contributed by atoms with Gasteiger partial charge in [0.2, 0.25) is 10.0 Å². The van der Waals surface area contributed by atoms with Crippen molar-refractivity contribution in [1.82, 2.24) is 9.21 Å². The van der Waals surface area contributed by atoms with E-state index in [0.717, 1.165) is 18.7 Å². The number of hydrogen-bond donors (Lipinski definition) is 0. The maximum absolute atomic E-state index is 12.8. The number of hydrogen-bond acceptors (Lipinski definition) is 4. The Kier molecular flexibility index (Phi) is 3.94. The molecule has 0 unspecified atom stereocenters. The van der Waals surface area contributed by atoms with Gasteiger partial charge in [-0.05, 0) is 37.5 Å². The molecule has 2 aliphatic rings. The smallest absolute Gasteiger partial charge is 0.246 e. The monoisotopic (exact) mass is 310 g/mol. The minimum absolute atomic E-state index is 0.282. The summed E-state index contributed by atoms with van der Waals surface area (Å²) >= 11 is 0. The van der Waals surface area contributed by atoms with Crippen molar-refractivity contribution in [3.8, 4) is 5.75 Å². The molecule has 0 amide bonds. The number of methoxy groups -OCH3 is 1. The summed E-state index contributed by atoms with van der Waals surface area (Å²) in [6.45, 7) is 4.69. The van der Waals surface area contributed by atoms with Gasteiger partial charge in [-0.1, -0.05) is 6.07 Å². The molecule has 0 atom stereocenters. The normalized spacial score (nSPS) is 21.4. The number of rotatable bonds is 4. The Labute approximate surface area is 126 Å². The maximum atomic E-state index is 12.8. The van der Waals surface area contributed by atoms with Crippen LogP contribution in [-0.2, 0) is 10.0 Å². The van der Waals surface area contributed by atoms with Gasteiger partial charge in [-0.15, -0.1) is 0 Å². The average Bonchev–Trinajstić information content (AvgIpc) is 3.32. The highest BCUT2D eigenvalue weighted by atomic mass is 32.2. The molecule has 5 nitrogen and oxygen atoms in total. The van der Waals surface area contributed by atoms with E-state index < -0.39 is 10.0 Å². The molecule has 1 aliphatic heterocycles. The standard InChI is InChI=1S/C15H22N2O3S/c1-12-3-6-14(20-2)15(11-12)21(18,19)17-9-7-16(8-10-17)13-4-5-13/h3,6,11,13H,4-5,7-10H2,1-2H3. The minimum Gasteiger partial charge on any atom is -0.495 e. The highest BCUT2D eigenvalue weighted by Gasteiger charge is 2.35. The molecule has 0 radical (unpaired) electrons. The first-order valence-corrected chi connectivity index (χ1v) is 8.85. The second-order valence-electron chi connectivity index (χ2n) is 5.83. The van der Waals surface area contributed by atoms with E-state index in [4.69, 9.17) is 4.74 Å². The van der Waals surface area contributed by atoms with Crippen molar-refractivity contribution in [2.24, 2.45) is 0 Å². The third kappa shape index (κ3) is 2.93. The van der Waals surface area contributed by atoms with Crippen LogP contribution in [0.4, 0.5) is 0 Å². The highest BCUT2D eigenvalue weighted by Crippen LogP contribution is 2.31. The largest absolute Gasteiger partial charge is 0.495 e.